The van der Waals surface area contributed by atoms with Crippen molar-refractivity contribution >= 4 is 5.91 Å². The number of carbonyl (C=O) groups excluding carboxylic acids is 1. The van der Waals surface area contributed by atoms with Crippen LogP contribution in [-0.2, 0) is 11.3 Å². The summed E-state index contributed by atoms with van der Waals surface area (Å²) >= 11 is 0. The van der Waals surface area contributed by atoms with Crippen molar-refractivity contribution in [3.63, 3.8) is 0 Å². The van der Waals surface area contributed by atoms with E-state index in [9.17, 15) is 9.90 Å². The largest absolute Gasteiger partial charge is 0.388 e. The molecule has 0 saturated carbocycles. The lowest BCUT2D eigenvalue weighted by atomic mass is 9.89. The minimum absolute atomic E-state index is 0.0528. The number of aryl methyl sites for hydroxylation is 1. The van der Waals surface area contributed by atoms with Crippen LogP contribution in [0.3, 0.4) is 0 Å². The number of piperidine rings is 1. The van der Waals surface area contributed by atoms with Crippen LogP contribution in [0.2, 0.25) is 0 Å². The predicted molar refractivity (Wildman–Crippen MR) is 71.8 cm³/mol. The Kier molecular flexibility index (Phi) is 4.39. The van der Waals surface area contributed by atoms with Gasteiger partial charge < -0.3 is 14.5 Å². The van der Waals surface area contributed by atoms with Crippen molar-refractivity contribution < 1.29 is 14.4 Å². The van der Waals surface area contributed by atoms with Crippen LogP contribution in [0.5, 0.6) is 0 Å². The maximum absolute atomic E-state index is 11.8. The molecule has 1 N–H and O–H groups in total. The van der Waals surface area contributed by atoms with Gasteiger partial charge in [-0.1, -0.05) is 5.16 Å². The number of rotatable bonds is 4. The van der Waals surface area contributed by atoms with Gasteiger partial charge in [-0.3, -0.25) is 9.69 Å². The molecule has 20 heavy (non-hydrogen) atoms. The second kappa shape index (κ2) is 5.88. The van der Waals surface area contributed by atoms with E-state index in [1.165, 1.54) is 4.90 Å². The molecule has 1 aromatic rings. The van der Waals surface area contributed by atoms with Crippen molar-refractivity contribution in [3.05, 3.63) is 11.7 Å². The number of hydrogen-bond donors (Lipinski definition) is 1. The van der Waals surface area contributed by atoms with E-state index in [0.717, 1.165) is 13.0 Å². The first-order chi connectivity index (χ1) is 9.38. The molecular formula is C13H22N4O3. The molecule has 2 heterocycles. The van der Waals surface area contributed by atoms with Gasteiger partial charge in [0.2, 0.25) is 11.8 Å². The second-order valence-corrected chi connectivity index (χ2v) is 5.74. The summed E-state index contributed by atoms with van der Waals surface area (Å²) < 4.78 is 5.09. The average Bonchev–Trinajstić information content (AvgIpc) is 2.74. The SMILES string of the molecule is Cc1noc(CN2CCCC(O)(CC(=O)N(C)C)C2)n1. The summed E-state index contributed by atoms with van der Waals surface area (Å²) in [5.41, 5.74) is -0.964. The van der Waals surface area contributed by atoms with Crippen molar-refractivity contribution in [1.82, 2.24) is 19.9 Å². The molecule has 1 aliphatic heterocycles. The molecule has 0 aromatic carbocycles. The third kappa shape index (κ3) is 3.77. The quantitative estimate of drug-likeness (QED) is 0.848. The molecule has 2 rings (SSSR count). The summed E-state index contributed by atoms with van der Waals surface area (Å²) in [7, 11) is 3.40. The van der Waals surface area contributed by atoms with Crippen LogP contribution in [0.4, 0.5) is 0 Å². The zero-order valence-corrected chi connectivity index (χ0v) is 12.3. The summed E-state index contributed by atoms with van der Waals surface area (Å²) in [6, 6.07) is 0. The van der Waals surface area contributed by atoms with Gasteiger partial charge in [0.05, 0.1) is 18.6 Å². The van der Waals surface area contributed by atoms with Gasteiger partial charge in [0.1, 0.15) is 0 Å². The Morgan fingerprint density at radius 2 is 2.30 bits per heavy atom. The van der Waals surface area contributed by atoms with Crippen LogP contribution in [0.25, 0.3) is 0 Å². The van der Waals surface area contributed by atoms with E-state index >= 15 is 0 Å². The zero-order chi connectivity index (χ0) is 14.8. The van der Waals surface area contributed by atoms with E-state index in [1.54, 1.807) is 21.0 Å². The van der Waals surface area contributed by atoms with Crippen molar-refractivity contribution in [2.24, 2.45) is 0 Å². The van der Waals surface area contributed by atoms with Gasteiger partial charge in [-0.2, -0.15) is 4.98 Å². The van der Waals surface area contributed by atoms with E-state index in [-0.39, 0.29) is 12.3 Å². The van der Waals surface area contributed by atoms with E-state index in [2.05, 4.69) is 15.0 Å². The van der Waals surface area contributed by atoms with Crippen molar-refractivity contribution in [3.8, 4) is 0 Å². The highest BCUT2D eigenvalue weighted by molar-refractivity contribution is 5.76. The number of likely N-dealkylation sites (tertiary alicyclic amines) is 1. The number of nitrogens with zero attached hydrogens (tertiary/aromatic N) is 4. The summed E-state index contributed by atoms with van der Waals surface area (Å²) in [4.78, 5) is 19.5. The molecule has 7 heteroatoms. The smallest absolute Gasteiger partial charge is 0.240 e. The maximum Gasteiger partial charge on any atom is 0.240 e. The van der Waals surface area contributed by atoms with E-state index in [1.807, 2.05) is 0 Å². The summed E-state index contributed by atoms with van der Waals surface area (Å²) in [5, 5.41) is 14.3. The number of amides is 1. The summed E-state index contributed by atoms with van der Waals surface area (Å²) in [6.07, 6.45) is 1.65. The molecule has 1 aliphatic rings. The van der Waals surface area contributed by atoms with Crippen LogP contribution >= 0.6 is 0 Å². The topological polar surface area (TPSA) is 82.7 Å². The molecule has 0 aliphatic carbocycles. The minimum atomic E-state index is -0.964. The molecule has 112 valence electrons. The zero-order valence-electron chi connectivity index (χ0n) is 12.3. The number of β-amino-alcohol motifs (C(OH)–C–C–N with tert-alkyl or cyclic N) is 1. The fraction of sp³-hybridized carbons (Fsp3) is 0.769. The molecule has 1 saturated heterocycles. The normalized spacial score (nSPS) is 23.8. The highest BCUT2D eigenvalue weighted by atomic mass is 16.5. The molecule has 0 bridgehead atoms. The first-order valence-electron chi connectivity index (χ1n) is 6.82. The lowest BCUT2D eigenvalue weighted by Gasteiger charge is -2.38. The second-order valence-electron chi connectivity index (χ2n) is 5.74. The van der Waals surface area contributed by atoms with E-state index in [4.69, 9.17) is 4.52 Å². The van der Waals surface area contributed by atoms with Gasteiger partial charge in [0.25, 0.3) is 0 Å². The van der Waals surface area contributed by atoms with Crippen LogP contribution in [-0.4, -0.2) is 63.7 Å². The molecule has 1 amide bonds. The molecule has 1 atom stereocenters. The van der Waals surface area contributed by atoms with Gasteiger partial charge in [-0.05, 0) is 26.3 Å². The maximum atomic E-state index is 11.8. The Balaban J connectivity index is 1.95. The third-order valence-corrected chi connectivity index (χ3v) is 3.54. The summed E-state index contributed by atoms with van der Waals surface area (Å²) in [6.45, 7) is 3.60. The van der Waals surface area contributed by atoms with Crippen LogP contribution in [0.15, 0.2) is 4.52 Å². The first-order valence-corrected chi connectivity index (χ1v) is 6.82. The van der Waals surface area contributed by atoms with E-state index in [0.29, 0.717) is 31.2 Å². The fourth-order valence-electron chi connectivity index (χ4n) is 2.52. The monoisotopic (exact) mass is 282 g/mol. The number of aromatic nitrogens is 2. The molecule has 1 unspecified atom stereocenters. The lowest BCUT2D eigenvalue weighted by molar-refractivity contribution is -0.136. The minimum Gasteiger partial charge on any atom is -0.388 e. The Morgan fingerprint density at radius 1 is 1.55 bits per heavy atom. The Bertz CT molecular complexity index is 474. The molecule has 1 fully saturated rings. The van der Waals surface area contributed by atoms with Crippen LogP contribution in [0.1, 0.15) is 31.0 Å². The van der Waals surface area contributed by atoms with Gasteiger partial charge >= 0.3 is 0 Å². The Hall–Kier alpha value is -1.47. The van der Waals surface area contributed by atoms with Gasteiger partial charge in [0.15, 0.2) is 5.82 Å². The molecule has 0 spiro atoms. The van der Waals surface area contributed by atoms with Crippen LogP contribution < -0.4 is 0 Å². The number of aliphatic hydroxyl groups is 1. The van der Waals surface area contributed by atoms with Gasteiger partial charge in [-0.15, -0.1) is 0 Å². The standard InChI is InChI=1S/C13H22N4O3/c1-10-14-11(20-15-10)8-17-6-4-5-13(19,9-17)7-12(18)16(2)3/h19H,4-9H2,1-3H3. The average molecular weight is 282 g/mol. The Morgan fingerprint density at radius 3 is 2.90 bits per heavy atom. The highest BCUT2D eigenvalue weighted by Crippen LogP contribution is 2.26. The highest BCUT2D eigenvalue weighted by Gasteiger charge is 2.36. The van der Waals surface area contributed by atoms with Crippen molar-refractivity contribution in [2.45, 2.75) is 38.3 Å². The molecular weight excluding hydrogens is 260 g/mol. The van der Waals surface area contributed by atoms with Gasteiger partial charge in [0, 0.05) is 20.6 Å². The lowest BCUT2D eigenvalue weighted by Crippen LogP contribution is -2.50. The van der Waals surface area contributed by atoms with Crippen molar-refractivity contribution in [2.75, 3.05) is 27.2 Å². The van der Waals surface area contributed by atoms with Crippen molar-refractivity contribution in [1.29, 1.82) is 0 Å². The van der Waals surface area contributed by atoms with Gasteiger partial charge in [-0.25, -0.2) is 0 Å². The third-order valence-electron chi connectivity index (χ3n) is 3.54. The number of carbonyl (C=O) groups is 1. The Labute approximate surface area is 118 Å². The van der Waals surface area contributed by atoms with Crippen LogP contribution in [0, 0.1) is 6.92 Å². The predicted octanol–water partition coefficient (Wildman–Crippen LogP) is 0.183. The summed E-state index contributed by atoms with van der Waals surface area (Å²) in [5.74, 6) is 1.10. The fourth-order valence-corrected chi connectivity index (χ4v) is 2.52. The molecule has 7 nitrogen and oxygen atoms in total. The molecule has 1 aromatic heterocycles. The number of hydrogen-bond acceptors (Lipinski definition) is 6. The molecule has 0 radical (unpaired) electrons. The first kappa shape index (κ1) is 14.9. The van der Waals surface area contributed by atoms with E-state index < -0.39 is 5.60 Å².